The Bertz CT molecular complexity index is 2180. The van der Waals surface area contributed by atoms with Crippen LogP contribution in [-0.2, 0) is 51.6 Å². The molecule has 0 unspecified atom stereocenters. The molecule has 0 N–H and O–H groups in total. The van der Waals surface area contributed by atoms with E-state index in [9.17, 15) is 9.18 Å². The minimum Gasteiger partial charge on any atom is -0.465 e. The maximum absolute atomic E-state index is 15.5. The molecule has 2 amide bonds. The fourth-order valence-electron chi connectivity index (χ4n) is 7.95. The summed E-state index contributed by atoms with van der Waals surface area (Å²) < 4.78 is 41.4. The number of urea groups is 1. The predicted octanol–water partition coefficient (Wildman–Crippen LogP) is 8.45. The number of amides is 2. The van der Waals surface area contributed by atoms with Crippen molar-refractivity contribution in [1.82, 2.24) is 19.6 Å². The van der Waals surface area contributed by atoms with Gasteiger partial charge in [0.25, 0.3) is 0 Å². The van der Waals surface area contributed by atoms with Gasteiger partial charge in [-0.3, -0.25) is 0 Å². The van der Waals surface area contributed by atoms with Gasteiger partial charge in [0.05, 0.1) is 36.5 Å². The summed E-state index contributed by atoms with van der Waals surface area (Å²) in [5.74, 6) is -2.41. The second kappa shape index (κ2) is 16.9. The normalized spacial score (nSPS) is 20.8. The van der Waals surface area contributed by atoms with Crippen LogP contribution in [0.2, 0.25) is 25.7 Å². The Morgan fingerprint density at radius 1 is 0.807 bits per heavy atom. The Balaban J connectivity index is 1.30. The Kier molecular flexibility index (Phi) is 12.0. The van der Waals surface area contributed by atoms with Crippen LogP contribution < -0.4 is 0 Å². The number of fused-ring (bicyclic) bond motifs is 2. The molecule has 0 aliphatic carbocycles. The van der Waals surface area contributed by atoms with Gasteiger partial charge in [-0.05, 0) is 79.3 Å². The molecular formula is C45H53FN4O6Si. The van der Waals surface area contributed by atoms with Gasteiger partial charge in [-0.2, -0.15) is 5.10 Å². The number of halogens is 1. The second-order valence-corrected chi connectivity index (χ2v) is 22.4. The van der Waals surface area contributed by atoms with Gasteiger partial charge >= 0.3 is 12.0 Å². The molecule has 12 heteroatoms. The minimum absolute atomic E-state index is 0.0890. The van der Waals surface area contributed by atoms with Crippen molar-refractivity contribution in [3.05, 3.63) is 137 Å². The summed E-state index contributed by atoms with van der Waals surface area (Å²) in [4.78, 5) is 31.8. The molecule has 2 fully saturated rings. The highest BCUT2D eigenvalue weighted by molar-refractivity contribution is 6.76. The topological polar surface area (TPSA) is 95.4 Å². The number of carbonyl (C=O) groups is 2. The van der Waals surface area contributed by atoms with Crippen LogP contribution in [0.25, 0.3) is 10.9 Å². The molecule has 5 aromatic rings. The number of nitrogens with zero attached hydrogens (tertiary/aromatic N) is 4. The van der Waals surface area contributed by atoms with E-state index in [0.717, 1.165) is 33.6 Å². The minimum atomic E-state index is -1.22. The van der Waals surface area contributed by atoms with Gasteiger partial charge in [-0.1, -0.05) is 92.4 Å². The fourth-order valence-corrected chi connectivity index (χ4v) is 8.70. The largest absolute Gasteiger partial charge is 0.465 e. The van der Waals surface area contributed by atoms with E-state index in [2.05, 4.69) is 42.9 Å². The van der Waals surface area contributed by atoms with Crippen LogP contribution in [0, 0.1) is 5.82 Å². The number of esters is 1. The van der Waals surface area contributed by atoms with Gasteiger partial charge in [0.15, 0.2) is 5.79 Å². The average Bonchev–Trinajstić information content (AvgIpc) is 3.73. The van der Waals surface area contributed by atoms with Gasteiger partial charge in [0, 0.05) is 33.2 Å². The van der Waals surface area contributed by atoms with E-state index in [4.69, 9.17) is 18.9 Å². The first kappa shape index (κ1) is 40.3. The summed E-state index contributed by atoms with van der Waals surface area (Å²) in [5.41, 5.74) is 4.37. The van der Waals surface area contributed by atoms with E-state index in [1.54, 1.807) is 6.07 Å². The van der Waals surface area contributed by atoms with Gasteiger partial charge in [-0.25, -0.2) is 18.7 Å². The van der Waals surface area contributed by atoms with E-state index in [-0.39, 0.29) is 24.7 Å². The fraction of sp³-hybridized carbons (Fsp3) is 0.400. The number of aromatic nitrogens is 2. The third kappa shape index (κ3) is 9.47. The lowest BCUT2D eigenvalue weighted by Crippen LogP contribution is -2.51. The number of hydrogen-bond acceptors (Lipinski definition) is 7. The quantitative estimate of drug-likeness (QED) is 0.0633. The maximum atomic E-state index is 15.5. The lowest BCUT2D eigenvalue weighted by molar-refractivity contribution is -0.157. The van der Waals surface area contributed by atoms with E-state index >= 15 is 4.79 Å². The first-order chi connectivity index (χ1) is 27.3. The molecule has 0 saturated carbocycles. The third-order valence-corrected chi connectivity index (χ3v) is 12.6. The molecule has 0 bridgehead atoms. The molecule has 2 saturated heterocycles. The van der Waals surface area contributed by atoms with Gasteiger partial charge < -0.3 is 28.7 Å². The highest BCUT2D eigenvalue weighted by atomic mass is 28.3. The molecular weight excluding hydrogens is 740 g/mol. The van der Waals surface area contributed by atoms with Crippen molar-refractivity contribution in [2.45, 2.75) is 102 Å². The van der Waals surface area contributed by atoms with Crippen molar-refractivity contribution in [2.75, 3.05) is 13.7 Å². The molecule has 1 aromatic heterocycles. The van der Waals surface area contributed by atoms with Crippen LogP contribution in [0.1, 0.15) is 46.5 Å². The molecule has 0 spiro atoms. The van der Waals surface area contributed by atoms with Gasteiger partial charge in [-0.15, -0.1) is 0 Å². The summed E-state index contributed by atoms with van der Waals surface area (Å²) in [7, 11) is -0.00100. The van der Waals surface area contributed by atoms with Crippen molar-refractivity contribution >= 4 is 31.0 Å². The molecule has 2 aliphatic heterocycles. The monoisotopic (exact) mass is 792 g/mol. The van der Waals surface area contributed by atoms with Gasteiger partial charge in [0.2, 0.25) is 0 Å². The summed E-state index contributed by atoms with van der Waals surface area (Å²) in [6.45, 7) is 12.3. The molecule has 2 aliphatic rings. The van der Waals surface area contributed by atoms with Crippen molar-refractivity contribution in [1.29, 1.82) is 0 Å². The lowest BCUT2D eigenvalue weighted by atomic mass is 9.91. The first-order valence-corrected chi connectivity index (χ1v) is 23.4. The summed E-state index contributed by atoms with van der Waals surface area (Å²) in [6.07, 6.45) is 1.83. The molecule has 10 nitrogen and oxygen atoms in total. The zero-order valence-corrected chi connectivity index (χ0v) is 34.7. The van der Waals surface area contributed by atoms with Crippen LogP contribution in [0.3, 0.4) is 0 Å². The highest BCUT2D eigenvalue weighted by Gasteiger charge is 2.55. The summed E-state index contributed by atoms with van der Waals surface area (Å²) in [6, 6.07) is 30.6. The Morgan fingerprint density at radius 3 is 1.93 bits per heavy atom. The molecule has 3 heterocycles. The Hall–Kier alpha value is -4.88. The zero-order chi connectivity index (χ0) is 40.3. The van der Waals surface area contributed by atoms with Crippen LogP contribution in [0.5, 0.6) is 0 Å². The number of benzene rings is 4. The van der Waals surface area contributed by atoms with Crippen LogP contribution >= 0.6 is 0 Å². The van der Waals surface area contributed by atoms with E-state index in [0.29, 0.717) is 31.7 Å². The third-order valence-electron chi connectivity index (χ3n) is 10.8. The average molecular weight is 793 g/mol. The molecule has 57 heavy (non-hydrogen) atoms. The van der Waals surface area contributed by atoms with Crippen molar-refractivity contribution in [3.63, 3.8) is 0 Å². The van der Waals surface area contributed by atoms with Crippen LogP contribution in [-0.4, -0.2) is 83.5 Å². The SMILES string of the molecule is COC(=O)c1cc(CN2C(=O)N(Cc3ccc4c(cnn4COCC[Si](C)(C)C)c3)[C@H](Cc3ccccc3)[C@@H]3OC(C)(C)O[C@H]3[C@H]2Cc2ccccc2)ccc1F. The van der Waals surface area contributed by atoms with E-state index in [1.807, 2.05) is 95.2 Å². The molecule has 4 aromatic carbocycles. The number of methoxy groups -OCH3 is 1. The van der Waals surface area contributed by atoms with E-state index < -0.39 is 49.9 Å². The predicted molar refractivity (Wildman–Crippen MR) is 220 cm³/mol. The summed E-state index contributed by atoms with van der Waals surface area (Å²) in [5, 5.41) is 5.58. The number of rotatable bonds is 14. The lowest BCUT2D eigenvalue weighted by Gasteiger charge is -2.37. The number of carbonyl (C=O) groups excluding carboxylic acids is 2. The standard InChI is InChI=1S/C45H53FN4O6Si/c1-45(2)55-41-39(25-31-13-9-7-10-14-31)48(28-33-18-20-38-35(23-33)27-47-50(38)30-54-21-22-57(4,5)6)44(52)49(29-34-17-19-37(46)36(24-34)43(51)53-3)40(42(41)56-45)26-32-15-11-8-12-16-32/h7-20,23-24,27,39-42H,21-22,25-26,28-30H2,1-6H3/t39-,40-,41+,42+/m1/s1. The van der Waals surface area contributed by atoms with Crippen LogP contribution in [0.15, 0.2) is 103 Å². The smallest absolute Gasteiger partial charge is 0.340 e. The molecule has 300 valence electrons. The van der Waals surface area contributed by atoms with Crippen LogP contribution in [0.4, 0.5) is 9.18 Å². The second-order valence-electron chi connectivity index (χ2n) is 16.8. The van der Waals surface area contributed by atoms with Crippen molar-refractivity contribution in [2.24, 2.45) is 0 Å². The Morgan fingerprint density at radius 2 is 1.37 bits per heavy atom. The molecule has 7 rings (SSSR count). The first-order valence-electron chi connectivity index (χ1n) is 19.7. The number of ether oxygens (including phenoxy) is 4. The zero-order valence-electron chi connectivity index (χ0n) is 33.7. The highest BCUT2D eigenvalue weighted by Crippen LogP contribution is 2.41. The molecule has 4 atom stereocenters. The Labute approximate surface area is 335 Å². The summed E-state index contributed by atoms with van der Waals surface area (Å²) >= 11 is 0. The van der Waals surface area contributed by atoms with Crippen molar-refractivity contribution < 1.29 is 32.9 Å². The van der Waals surface area contributed by atoms with Crippen molar-refractivity contribution in [3.8, 4) is 0 Å². The van der Waals surface area contributed by atoms with Gasteiger partial charge in [0.1, 0.15) is 24.8 Å². The molecule has 0 radical (unpaired) electrons. The maximum Gasteiger partial charge on any atom is 0.340 e. The van der Waals surface area contributed by atoms with E-state index in [1.165, 1.54) is 19.2 Å². The number of hydrogen-bond donors (Lipinski definition) is 0.